The SMILES string of the molecule is CCc1nnc2sc(C3CCCC3N)nn12. The molecule has 0 bridgehead atoms. The van der Waals surface area contributed by atoms with Gasteiger partial charge in [-0.1, -0.05) is 24.7 Å². The van der Waals surface area contributed by atoms with Gasteiger partial charge in [-0.05, 0) is 12.8 Å². The Labute approximate surface area is 97.7 Å². The molecule has 1 fully saturated rings. The molecule has 2 aromatic rings. The van der Waals surface area contributed by atoms with E-state index in [1.807, 2.05) is 4.52 Å². The maximum Gasteiger partial charge on any atom is 0.234 e. The minimum absolute atomic E-state index is 0.272. The number of rotatable bonds is 2. The molecule has 2 aromatic heterocycles. The molecule has 1 aliphatic carbocycles. The number of hydrogen-bond acceptors (Lipinski definition) is 5. The van der Waals surface area contributed by atoms with E-state index in [1.54, 1.807) is 11.3 Å². The number of nitrogens with two attached hydrogens (primary N) is 1. The first-order valence-corrected chi connectivity index (χ1v) is 6.58. The Morgan fingerprint density at radius 3 is 3.00 bits per heavy atom. The molecule has 1 saturated carbocycles. The molecule has 16 heavy (non-hydrogen) atoms. The summed E-state index contributed by atoms with van der Waals surface area (Å²) in [6.45, 7) is 2.07. The van der Waals surface area contributed by atoms with Crippen molar-refractivity contribution < 1.29 is 0 Å². The maximum absolute atomic E-state index is 6.09. The number of nitrogens with zero attached hydrogens (tertiary/aromatic N) is 4. The molecule has 0 amide bonds. The van der Waals surface area contributed by atoms with Crippen molar-refractivity contribution in [3.63, 3.8) is 0 Å². The van der Waals surface area contributed by atoms with Gasteiger partial charge in [-0.15, -0.1) is 10.2 Å². The predicted molar refractivity (Wildman–Crippen MR) is 62.6 cm³/mol. The van der Waals surface area contributed by atoms with Gasteiger partial charge in [0.25, 0.3) is 0 Å². The summed E-state index contributed by atoms with van der Waals surface area (Å²) in [5.41, 5.74) is 6.09. The van der Waals surface area contributed by atoms with Gasteiger partial charge in [0, 0.05) is 18.4 Å². The van der Waals surface area contributed by atoms with Crippen molar-refractivity contribution in [2.75, 3.05) is 0 Å². The van der Waals surface area contributed by atoms with Gasteiger partial charge in [0.05, 0.1) is 0 Å². The van der Waals surface area contributed by atoms with Gasteiger partial charge in [0.15, 0.2) is 5.82 Å². The van der Waals surface area contributed by atoms with Crippen molar-refractivity contribution in [3.05, 3.63) is 10.8 Å². The fraction of sp³-hybridized carbons (Fsp3) is 0.700. The summed E-state index contributed by atoms with van der Waals surface area (Å²) in [4.78, 5) is 0.894. The smallest absolute Gasteiger partial charge is 0.234 e. The average Bonchev–Trinajstić information content (AvgIpc) is 2.90. The van der Waals surface area contributed by atoms with Crippen LogP contribution in [0, 0.1) is 0 Å². The third-order valence-electron chi connectivity index (χ3n) is 3.27. The van der Waals surface area contributed by atoms with E-state index in [-0.39, 0.29) is 6.04 Å². The van der Waals surface area contributed by atoms with Crippen molar-refractivity contribution in [2.24, 2.45) is 5.73 Å². The molecule has 3 rings (SSSR count). The normalized spacial score (nSPS) is 25.6. The molecule has 86 valence electrons. The number of aromatic nitrogens is 4. The molecule has 2 atom stereocenters. The Morgan fingerprint density at radius 1 is 1.44 bits per heavy atom. The summed E-state index contributed by atoms with van der Waals surface area (Å²) in [5.74, 6) is 1.36. The minimum atomic E-state index is 0.272. The Hall–Kier alpha value is -1.01. The molecule has 2 N–H and O–H groups in total. The van der Waals surface area contributed by atoms with Gasteiger partial charge in [-0.25, -0.2) is 0 Å². The summed E-state index contributed by atoms with van der Waals surface area (Å²) in [6, 6.07) is 0.272. The Balaban J connectivity index is 2.01. The van der Waals surface area contributed by atoms with Crippen LogP contribution in [-0.2, 0) is 6.42 Å². The number of fused-ring (bicyclic) bond motifs is 1. The number of aryl methyl sites for hydroxylation is 1. The van der Waals surface area contributed by atoms with Crippen molar-refractivity contribution >= 4 is 16.3 Å². The molecule has 0 spiro atoms. The zero-order valence-corrected chi connectivity index (χ0v) is 10.1. The first-order valence-electron chi connectivity index (χ1n) is 5.76. The van der Waals surface area contributed by atoms with E-state index in [2.05, 4.69) is 22.2 Å². The van der Waals surface area contributed by atoms with E-state index in [1.165, 1.54) is 6.42 Å². The van der Waals surface area contributed by atoms with E-state index in [9.17, 15) is 0 Å². The van der Waals surface area contributed by atoms with Gasteiger partial charge >= 0.3 is 0 Å². The van der Waals surface area contributed by atoms with E-state index < -0.39 is 0 Å². The van der Waals surface area contributed by atoms with Crippen LogP contribution in [0.2, 0.25) is 0 Å². The van der Waals surface area contributed by atoms with Crippen LogP contribution in [0.4, 0.5) is 0 Å². The third-order valence-corrected chi connectivity index (χ3v) is 4.30. The molecule has 6 heteroatoms. The molecular weight excluding hydrogens is 222 g/mol. The van der Waals surface area contributed by atoms with E-state index in [0.717, 1.165) is 35.1 Å². The molecule has 0 radical (unpaired) electrons. The second kappa shape index (κ2) is 3.78. The van der Waals surface area contributed by atoms with Crippen LogP contribution in [0.5, 0.6) is 0 Å². The van der Waals surface area contributed by atoms with Gasteiger partial charge in [0.2, 0.25) is 4.96 Å². The molecule has 5 nitrogen and oxygen atoms in total. The molecule has 0 aliphatic heterocycles. The van der Waals surface area contributed by atoms with Crippen LogP contribution in [0.25, 0.3) is 4.96 Å². The van der Waals surface area contributed by atoms with Crippen molar-refractivity contribution in [3.8, 4) is 0 Å². The van der Waals surface area contributed by atoms with Gasteiger partial charge in [-0.2, -0.15) is 9.61 Å². The lowest BCUT2D eigenvalue weighted by Crippen LogP contribution is -2.22. The molecule has 2 unspecified atom stereocenters. The van der Waals surface area contributed by atoms with Crippen molar-refractivity contribution in [1.29, 1.82) is 0 Å². The highest BCUT2D eigenvalue weighted by molar-refractivity contribution is 7.16. The number of hydrogen-bond donors (Lipinski definition) is 1. The van der Waals surface area contributed by atoms with Crippen LogP contribution in [0.15, 0.2) is 0 Å². The Morgan fingerprint density at radius 2 is 2.31 bits per heavy atom. The van der Waals surface area contributed by atoms with E-state index in [0.29, 0.717) is 5.92 Å². The van der Waals surface area contributed by atoms with E-state index >= 15 is 0 Å². The summed E-state index contributed by atoms with van der Waals surface area (Å²) < 4.78 is 1.87. The fourth-order valence-corrected chi connectivity index (χ4v) is 3.41. The van der Waals surface area contributed by atoms with Crippen molar-refractivity contribution in [2.45, 2.75) is 44.6 Å². The quantitative estimate of drug-likeness (QED) is 0.855. The Kier molecular flexibility index (Phi) is 2.40. The molecule has 2 heterocycles. The monoisotopic (exact) mass is 237 g/mol. The fourth-order valence-electron chi connectivity index (χ4n) is 2.34. The van der Waals surface area contributed by atoms with Gasteiger partial charge in [0.1, 0.15) is 5.01 Å². The molecule has 1 aliphatic rings. The van der Waals surface area contributed by atoms with Crippen molar-refractivity contribution in [1.82, 2.24) is 19.8 Å². The highest BCUT2D eigenvalue weighted by Crippen LogP contribution is 2.35. The lowest BCUT2D eigenvalue weighted by Gasteiger charge is -2.10. The van der Waals surface area contributed by atoms with Gasteiger partial charge in [-0.3, -0.25) is 0 Å². The minimum Gasteiger partial charge on any atom is -0.327 e. The predicted octanol–water partition coefficient (Wildman–Crippen LogP) is 1.34. The van der Waals surface area contributed by atoms with Gasteiger partial charge < -0.3 is 5.73 Å². The standard InChI is InChI=1S/C10H15N5S/c1-2-8-12-13-10-15(8)14-9(16-10)6-4-3-5-7(6)11/h6-7H,2-5,11H2,1H3. The largest absolute Gasteiger partial charge is 0.327 e. The van der Waals surface area contributed by atoms with Crippen LogP contribution in [0.3, 0.4) is 0 Å². The summed E-state index contributed by atoms with van der Waals surface area (Å²) in [7, 11) is 0. The second-order valence-electron chi connectivity index (χ2n) is 4.31. The first kappa shape index (κ1) is 10.2. The lowest BCUT2D eigenvalue weighted by atomic mass is 10.1. The van der Waals surface area contributed by atoms with Crippen LogP contribution >= 0.6 is 11.3 Å². The molecule has 0 aromatic carbocycles. The second-order valence-corrected chi connectivity index (χ2v) is 5.29. The van der Waals surface area contributed by atoms with E-state index in [4.69, 9.17) is 5.73 Å². The zero-order valence-electron chi connectivity index (χ0n) is 9.26. The molecule has 0 saturated heterocycles. The lowest BCUT2D eigenvalue weighted by molar-refractivity contribution is 0.599. The third kappa shape index (κ3) is 1.44. The summed E-state index contributed by atoms with van der Waals surface area (Å²) >= 11 is 1.63. The highest BCUT2D eigenvalue weighted by atomic mass is 32.1. The zero-order chi connectivity index (χ0) is 11.1. The Bertz CT molecular complexity index is 502. The average molecular weight is 237 g/mol. The van der Waals surface area contributed by atoms with Crippen LogP contribution in [-0.4, -0.2) is 25.9 Å². The van der Waals surface area contributed by atoms with Crippen LogP contribution in [0.1, 0.15) is 42.9 Å². The summed E-state index contributed by atoms with van der Waals surface area (Å²) in [6.07, 6.45) is 4.35. The maximum atomic E-state index is 6.09. The molecular formula is C10H15N5S. The topological polar surface area (TPSA) is 69.1 Å². The summed E-state index contributed by atoms with van der Waals surface area (Å²) in [5, 5.41) is 14.0. The first-order chi connectivity index (χ1) is 7.79. The highest BCUT2D eigenvalue weighted by Gasteiger charge is 2.29. The van der Waals surface area contributed by atoms with Crippen LogP contribution < -0.4 is 5.73 Å².